The Balaban J connectivity index is 1.33. The normalized spacial score (nSPS) is 31.0. The van der Waals surface area contributed by atoms with Crippen LogP contribution >= 0.6 is 11.6 Å². The number of nitrogens with zero attached hydrogens (tertiary/aromatic N) is 1. The summed E-state index contributed by atoms with van der Waals surface area (Å²) in [5.74, 6) is -2.44. The maximum absolute atomic E-state index is 13.9. The third kappa shape index (κ3) is 2.92. The van der Waals surface area contributed by atoms with Crippen molar-refractivity contribution in [3.8, 4) is 0 Å². The van der Waals surface area contributed by atoms with Gasteiger partial charge in [-0.25, -0.2) is 0 Å². The van der Waals surface area contributed by atoms with Crippen LogP contribution in [0.3, 0.4) is 0 Å². The Labute approximate surface area is 212 Å². The van der Waals surface area contributed by atoms with Gasteiger partial charge in [0.25, 0.3) is 0 Å². The first-order valence-corrected chi connectivity index (χ1v) is 12.8. The second-order valence-corrected chi connectivity index (χ2v) is 10.6. The number of carbonyl (C=O) groups is 3. The molecule has 4 aliphatic heterocycles. The molecule has 1 aromatic heterocycles. The molecule has 7 rings (SSSR count). The summed E-state index contributed by atoms with van der Waals surface area (Å²) in [7, 11) is 0. The summed E-state index contributed by atoms with van der Waals surface area (Å²) in [4.78, 5) is 46.1. The van der Waals surface area contributed by atoms with E-state index in [-0.39, 0.29) is 30.4 Å². The minimum atomic E-state index is -1.36. The van der Waals surface area contributed by atoms with Crippen LogP contribution in [0.15, 0.2) is 48.7 Å². The summed E-state index contributed by atoms with van der Waals surface area (Å²) >= 11 is 6.44. The van der Waals surface area contributed by atoms with E-state index in [1.807, 2.05) is 36.5 Å². The van der Waals surface area contributed by atoms with E-state index < -0.39 is 23.4 Å². The van der Waals surface area contributed by atoms with Crippen molar-refractivity contribution in [3.63, 3.8) is 0 Å². The lowest BCUT2D eigenvalue weighted by molar-refractivity contribution is -0.144. The van der Waals surface area contributed by atoms with Crippen molar-refractivity contribution in [2.75, 3.05) is 18.5 Å². The average molecular weight is 505 g/mol. The fraction of sp³-hybridized carbons (Fsp3) is 0.370. The van der Waals surface area contributed by atoms with E-state index in [0.29, 0.717) is 29.3 Å². The predicted octanol–water partition coefficient (Wildman–Crippen LogP) is 2.96. The van der Waals surface area contributed by atoms with Crippen LogP contribution in [0.25, 0.3) is 10.9 Å². The van der Waals surface area contributed by atoms with Crippen molar-refractivity contribution in [3.05, 3.63) is 64.8 Å². The first kappa shape index (κ1) is 22.0. The van der Waals surface area contributed by atoms with Gasteiger partial charge in [0.1, 0.15) is 5.54 Å². The zero-order valence-corrected chi connectivity index (χ0v) is 20.2. The number of anilines is 1. The largest absolute Gasteiger partial charge is 0.376 e. The van der Waals surface area contributed by atoms with E-state index in [4.69, 9.17) is 16.3 Å². The molecule has 184 valence electrons. The van der Waals surface area contributed by atoms with Gasteiger partial charge in [0.05, 0.1) is 35.2 Å². The van der Waals surface area contributed by atoms with Gasteiger partial charge in [-0.1, -0.05) is 41.9 Å². The van der Waals surface area contributed by atoms with Crippen LogP contribution in [-0.4, -0.2) is 52.9 Å². The molecule has 0 aliphatic carbocycles. The number of hydrogen-bond acceptors (Lipinski definition) is 5. The van der Waals surface area contributed by atoms with Crippen LogP contribution in [0.4, 0.5) is 5.69 Å². The summed E-state index contributed by atoms with van der Waals surface area (Å²) in [5.41, 5.74) is 1.79. The number of hydrogen-bond donors (Lipinski definition) is 3. The van der Waals surface area contributed by atoms with Crippen LogP contribution < -0.4 is 10.6 Å². The molecule has 5 atom stereocenters. The van der Waals surface area contributed by atoms with E-state index in [9.17, 15) is 14.4 Å². The second kappa shape index (κ2) is 7.90. The number of imide groups is 1. The molecule has 2 unspecified atom stereocenters. The van der Waals surface area contributed by atoms with Crippen LogP contribution in [0.1, 0.15) is 24.0 Å². The van der Waals surface area contributed by atoms with Crippen molar-refractivity contribution < 1.29 is 19.1 Å². The van der Waals surface area contributed by atoms with Crippen molar-refractivity contribution >= 4 is 45.9 Å². The van der Waals surface area contributed by atoms with E-state index in [0.717, 1.165) is 29.3 Å². The monoisotopic (exact) mass is 504 g/mol. The molecule has 2 aromatic carbocycles. The molecule has 36 heavy (non-hydrogen) atoms. The van der Waals surface area contributed by atoms with Gasteiger partial charge in [0, 0.05) is 35.3 Å². The zero-order chi connectivity index (χ0) is 24.6. The van der Waals surface area contributed by atoms with E-state index in [1.54, 1.807) is 12.1 Å². The van der Waals surface area contributed by atoms with Crippen molar-refractivity contribution in [2.45, 2.75) is 36.9 Å². The highest BCUT2D eigenvalue weighted by atomic mass is 35.5. The summed E-state index contributed by atoms with van der Waals surface area (Å²) in [6.45, 7) is 0.862. The molecule has 8 nitrogen and oxygen atoms in total. The lowest BCUT2D eigenvalue weighted by atomic mass is 9.76. The topological polar surface area (TPSA) is 104 Å². The molecule has 3 saturated heterocycles. The predicted molar refractivity (Wildman–Crippen MR) is 133 cm³/mol. The smallest absolute Gasteiger partial charge is 0.250 e. The number of aromatic amines is 1. The highest BCUT2D eigenvalue weighted by molar-refractivity contribution is 6.35. The minimum absolute atomic E-state index is 0.160. The standard InChI is InChI=1S/C27H25ClN4O4/c28-18-8-3-7-17-23(18)30-26(35)27(17)22-21(24(33)32(25(22)34)13-15-5-4-10-36-15)20(31-27)11-14-12-29-19-9-2-1-6-16(14)19/h1-3,6-9,12,15,20-22,29,31H,4-5,10-11,13H2,(H,30,35)/t15?,20?,21-,22+,27+/m0/s1. The Hall–Kier alpha value is -3.20. The number of fused-ring (bicyclic) bond motifs is 5. The number of H-pyrrole nitrogens is 1. The SMILES string of the molecule is O=C1[C@H]2C(Cc3c[nH]c4ccccc34)N[C@@]3(C(=O)Nc4c(Cl)cccc43)[C@H]2C(=O)N1CC1CCCO1. The van der Waals surface area contributed by atoms with Crippen LogP contribution in [0, 0.1) is 11.8 Å². The van der Waals surface area contributed by atoms with Gasteiger partial charge in [-0.05, 0) is 37.0 Å². The zero-order valence-electron chi connectivity index (χ0n) is 19.4. The highest BCUT2D eigenvalue weighted by Gasteiger charge is 2.70. The summed E-state index contributed by atoms with van der Waals surface area (Å²) in [6, 6.07) is 12.9. The number of ether oxygens (including phenoxy) is 1. The molecule has 3 fully saturated rings. The van der Waals surface area contributed by atoms with Crippen molar-refractivity contribution in [1.82, 2.24) is 15.2 Å². The number of carbonyl (C=O) groups excluding carboxylic acids is 3. The third-order valence-electron chi connectivity index (χ3n) is 8.32. The molecule has 9 heteroatoms. The van der Waals surface area contributed by atoms with Crippen molar-refractivity contribution in [1.29, 1.82) is 0 Å². The number of para-hydroxylation sites is 2. The van der Waals surface area contributed by atoms with Crippen LogP contribution in [-0.2, 0) is 31.1 Å². The van der Waals surface area contributed by atoms with Crippen molar-refractivity contribution in [2.24, 2.45) is 11.8 Å². The lowest BCUT2D eigenvalue weighted by Crippen LogP contribution is -2.54. The van der Waals surface area contributed by atoms with E-state index in [1.165, 1.54) is 4.90 Å². The number of aromatic nitrogens is 1. The quantitative estimate of drug-likeness (QED) is 0.474. The molecular weight excluding hydrogens is 480 g/mol. The molecule has 4 aliphatic rings. The molecule has 5 heterocycles. The molecule has 3 amide bonds. The number of halogens is 1. The number of rotatable bonds is 4. The number of benzene rings is 2. The molecule has 0 saturated carbocycles. The first-order valence-electron chi connectivity index (χ1n) is 12.4. The Bertz CT molecular complexity index is 1430. The molecule has 0 bridgehead atoms. The number of likely N-dealkylation sites (tertiary alicyclic amines) is 1. The Morgan fingerprint density at radius 2 is 1.94 bits per heavy atom. The third-order valence-corrected chi connectivity index (χ3v) is 8.63. The van der Waals surface area contributed by atoms with E-state index >= 15 is 0 Å². The Kier molecular flexibility index (Phi) is 4.83. The molecular formula is C27H25ClN4O4. The van der Waals surface area contributed by atoms with E-state index in [2.05, 4.69) is 15.6 Å². The Morgan fingerprint density at radius 1 is 1.08 bits per heavy atom. The molecule has 3 N–H and O–H groups in total. The van der Waals surface area contributed by atoms with Gasteiger partial charge in [-0.15, -0.1) is 0 Å². The first-order chi connectivity index (χ1) is 17.5. The van der Waals surface area contributed by atoms with Crippen LogP contribution in [0.2, 0.25) is 5.02 Å². The fourth-order valence-corrected chi connectivity index (χ4v) is 6.96. The summed E-state index contributed by atoms with van der Waals surface area (Å²) in [5, 5.41) is 7.86. The average Bonchev–Trinajstić information content (AvgIpc) is 3.68. The Morgan fingerprint density at radius 3 is 2.78 bits per heavy atom. The lowest BCUT2D eigenvalue weighted by Gasteiger charge is -2.30. The minimum Gasteiger partial charge on any atom is -0.376 e. The summed E-state index contributed by atoms with van der Waals surface area (Å²) in [6.07, 6.45) is 4.00. The van der Waals surface area contributed by atoms with Gasteiger partial charge < -0.3 is 15.0 Å². The summed E-state index contributed by atoms with van der Waals surface area (Å²) < 4.78 is 5.74. The fourth-order valence-electron chi connectivity index (χ4n) is 6.74. The van der Waals surface area contributed by atoms with Gasteiger partial charge in [-0.3, -0.25) is 24.6 Å². The number of nitrogens with one attached hydrogen (secondary N) is 3. The van der Waals surface area contributed by atoms with Gasteiger partial charge in [0.2, 0.25) is 17.7 Å². The van der Waals surface area contributed by atoms with Crippen LogP contribution in [0.5, 0.6) is 0 Å². The molecule has 3 aromatic rings. The number of amides is 3. The second-order valence-electron chi connectivity index (χ2n) is 10.2. The van der Waals surface area contributed by atoms with Gasteiger partial charge >= 0.3 is 0 Å². The van der Waals surface area contributed by atoms with Gasteiger partial charge in [0.15, 0.2) is 0 Å². The maximum atomic E-state index is 13.9. The van der Waals surface area contributed by atoms with Gasteiger partial charge in [-0.2, -0.15) is 0 Å². The molecule has 0 radical (unpaired) electrons. The molecule has 1 spiro atoms. The highest BCUT2D eigenvalue weighted by Crippen LogP contribution is 2.54. The maximum Gasteiger partial charge on any atom is 0.250 e.